The predicted octanol–water partition coefficient (Wildman–Crippen LogP) is 1.31. The Morgan fingerprint density at radius 1 is 1.21 bits per heavy atom. The molecule has 5 heterocycles. The number of carbonyl (C=O) groups excluding carboxylic acids is 3. The van der Waals surface area contributed by atoms with E-state index in [4.69, 9.17) is 9.26 Å². The van der Waals surface area contributed by atoms with Gasteiger partial charge in [0.15, 0.2) is 11.2 Å². The Bertz CT molecular complexity index is 1360. The van der Waals surface area contributed by atoms with E-state index in [1.54, 1.807) is 30.0 Å². The van der Waals surface area contributed by atoms with Gasteiger partial charge in [-0.15, -0.1) is 5.10 Å². The van der Waals surface area contributed by atoms with E-state index in [1.807, 2.05) is 6.92 Å². The van der Waals surface area contributed by atoms with E-state index in [-0.39, 0.29) is 36.0 Å². The first kappa shape index (κ1) is 20.7. The molecular formula is C22H19FN6O5. The van der Waals surface area contributed by atoms with Crippen LogP contribution in [0.3, 0.4) is 0 Å². The molecule has 1 aromatic carbocycles. The fourth-order valence-corrected chi connectivity index (χ4v) is 5.56. The molecule has 4 amide bonds. The third kappa shape index (κ3) is 2.65. The summed E-state index contributed by atoms with van der Waals surface area (Å²) in [6, 6.07) is 3.26. The van der Waals surface area contributed by atoms with Crippen LogP contribution >= 0.6 is 0 Å². The van der Waals surface area contributed by atoms with Crippen molar-refractivity contribution < 1.29 is 28.0 Å². The summed E-state index contributed by atoms with van der Waals surface area (Å²) in [5.74, 6) is -2.14. The number of fused-ring (bicyclic) bond motifs is 5. The number of nitrogens with zero attached hydrogens (tertiary/aromatic N) is 4. The van der Waals surface area contributed by atoms with E-state index in [2.05, 4.69) is 26.0 Å². The zero-order chi connectivity index (χ0) is 23.8. The van der Waals surface area contributed by atoms with E-state index in [9.17, 15) is 14.4 Å². The highest BCUT2D eigenvalue weighted by atomic mass is 19.1. The fourth-order valence-electron chi connectivity index (χ4n) is 5.56. The predicted molar refractivity (Wildman–Crippen MR) is 114 cm³/mol. The summed E-state index contributed by atoms with van der Waals surface area (Å²) in [7, 11) is 0. The van der Waals surface area contributed by atoms with Gasteiger partial charge in [0.1, 0.15) is 11.4 Å². The second-order valence-electron chi connectivity index (χ2n) is 8.85. The highest BCUT2D eigenvalue weighted by molar-refractivity contribution is 6.20. The van der Waals surface area contributed by atoms with Gasteiger partial charge < -0.3 is 14.2 Å². The van der Waals surface area contributed by atoms with Crippen LogP contribution in [-0.4, -0.2) is 58.0 Å². The molecule has 11 nitrogen and oxygen atoms in total. The van der Waals surface area contributed by atoms with Crippen molar-refractivity contribution >= 4 is 34.5 Å². The quantitative estimate of drug-likeness (QED) is 0.508. The van der Waals surface area contributed by atoms with E-state index in [0.717, 1.165) is 0 Å². The molecule has 1 spiro atoms. The molecule has 0 bridgehead atoms. The second-order valence-corrected chi connectivity index (χ2v) is 8.85. The average Bonchev–Trinajstić information content (AvgIpc) is 3.21. The van der Waals surface area contributed by atoms with Crippen molar-refractivity contribution in [3.8, 4) is 11.4 Å². The lowest BCUT2D eigenvalue weighted by Crippen LogP contribution is -2.75. The molecule has 174 valence electrons. The van der Waals surface area contributed by atoms with Crippen LogP contribution in [0.5, 0.6) is 0 Å². The molecule has 3 aromatic rings. The summed E-state index contributed by atoms with van der Waals surface area (Å²) in [4.78, 5) is 40.0. The van der Waals surface area contributed by atoms with Crippen LogP contribution in [0, 0.1) is 11.2 Å². The van der Waals surface area contributed by atoms with Gasteiger partial charge >= 0.3 is 6.03 Å². The maximum Gasteiger partial charge on any atom is 0.328 e. The van der Waals surface area contributed by atoms with Crippen molar-refractivity contribution in [2.75, 3.05) is 11.4 Å². The first-order valence-corrected chi connectivity index (χ1v) is 10.8. The number of anilines is 1. The molecule has 2 aromatic heterocycles. The van der Waals surface area contributed by atoms with Crippen LogP contribution in [0.2, 0.25) is 0 Å². The molecule has 0 unspecified atom stereocenters. The number of barbiturate groups is 1. The molecule has 6 rings (SSSR count). The Morgan fingerprint density at radius 3 is 2.68 bits per heavy atom. The summed E-state index contributed by atoms with van der Waals surface area (Å²) >= 11 is 0. The van der Waals surface area contributed by atoms with Crippen molar-refractivity contribution in [1.82, 2.24) is 26.0 Å². The largest absolute Gasteiger partial charge is 0.372 e. The third-order valence-corrected chi connectivity index (χ3v) is 6.78. The highest BCUT2D eigenvalue weighted by Crippen LogP contribution is 2.49. The molecule has 2 saturated heterocycles. The molecule has 3 aliphatic rings. The summed E-state index contributed by atoms with van der Waals surface area (Å²) in [5.41, 5.74) is -0.452. The van der Waals surface area contributed by atoms with Crippen molar-refractivity contribution in [3.05, 3.63) is 35.8 Å². The molecule has 12 heteroatoms. The SMILES string of the molecule is C[C@H]1CN2c3c(cc4c(-c5cccnn5)noc4c3F)CC3(C(=O)NC(=O)NC3=O)[C@@H]2[C@@H](C)O1. The number of aromatic nitrogens is 3. The maximum absolute atomic E-state index is 16.0. The summed E-state index contributed by atoms with van der Waals surface area (Å²) in [6.07, 6.45) is 0.446. The van der Waals surface area contributed by atoms with Gasteiger partial charge in [0.25, 0.3) is 0 Å². The molecule has 34 heavy (non-hydrogen) atoms. The lowest BCUT2D eigenvalue weighted by Gasteiger charge is -2.55. The van der Waals surface area contributed by atoms with Gasteiger partial charge in [-0.05, 0) is 37.6 Å². The number of morpholine rings is 1. The minimum atomic E-state index is -1.70. The van der Waals surface area contributed by atoms with Gasteiger partial charge in [-0.2, -0.15) is 5.10 Å². The number of benzene rings is 1. The molecule has 2 N–H and O–H groups in total. The number of nitrogens with one attached hydrogen (secondary N) is 2. The Hall–Kier alpha value is -3.93. The number of ether oxygens (including phenoxy) is 1. The summed E-state index contributed by atoms with van der Waals surface area (Å²) in [6.45, 7) is 3.79. The zero-order valence-corrected chi connectivity index (χ0v) is 18.2. The Balaban J connectivity index is 1.61. The van der Waals surface area contributed by atoms with Crippen molar-refractivity contribution in [2.24, 2.45) is 5.41 Å². The van der Waals surface area contributed by atoms with Gasteiger partial charge in [-0.25, -0.2) is 9.18 Å². The summed E-state index contributed by atoms with van der Waals surface area (Å²) < 4.78 is 27.3. The highest BCUT2D eigenvalue weighted by Gasteiger charge is 2.63. The van der Waals surface area contributed by atoms with E-state index >= 15 is 4.39 Å². The van der Waals surface area contributed by atoms with Crippen LogP contribution < -0.4 is 15.5 Å². The maximum atomic E-state index is 16.0. The Kier molecular flexibility index (Phi) is 4.27. The number of rotatable bonds is 1. The normalized spacial score (nSPS) is 25.7. The van der Waals surface area contributed by atoms with Gasteiger partial charge in [-0.3, -0.25) is 20.2 Å². The van der Waals surface area contributed by atoms with Gasteiger partial charge in [0, 0.05) is 19.2 Å². The zero-order valence-electron chi connectivity index (χ0n) is 18.2. The first-order valence-electron chi connectivity index (χ1n) is 10.8. The van der Waals surface area contributed by atoms with Crippen molar-refractivity contribution in [1.29, 1.82) is 0 Å². The second kappa shape index (κ2) is 7.03. The van der Waals surface area contributed by atoms with Gasteiger partial charge in [-0.1, -0.05) is 5.16 Å². The Morgan fingerprint density at radius 2 is 1.97 bits per heavy atom. The molecule has 3 aliphatic heterocycles. The topological polar surface area (TPSA) is 140 Å². The fraction of sp³-hybridized carbons (Fsp3) is 0.364. The van der Waals surface area contributed by atoms with E-state index < -0.39 is 41.2 Å². The lowest BCUT2D eigenvalue weighted by atomic mass is 9.66. The Labute approximate surface area is 191 Å². The summed E-state index contributed by atoms with van der Waals surface area (Å²) in [5, 5.41) is 16.6. The molecule has 0 aliphatic carbocycles. The van der Waals surface area contributed by atoms with E-state index in [1.165, 1.54) is 6.20 Å². The number of hydrogen-bond acceptors (Lipinski definition) is 9. The molecule has 0 radical (unpaired) electrons. The first-order chi connectivity index (χ1) is 16.3. The van der Waals surface area contributed by atoms with Crippen LogP contribution in [-0.2, 0) is 20.7 Å². The number of amides is 4. The van der Waals surface area contributed by atoms with Crippen LogP contribution in [0.4, 0.5) is 14.9 Å². The number of imide groups is 2. The number of hydrogen-bond donors (Lipinski definition) is 2. The van der Waals surface area contributed by atoms with Crippen molar-refractivity contribution in [2.45, 2.75) is 38.5 Å². The minimum absolute atomic E-state index is 0.0615. The van der Waals surface area contributed by atoms with Crippen molar-refractivity contribution in [3.63, 3.8) is 0 Å². The smallest absolute Gasteiger partial charge is 0.328 e. The molecule has 2 fully saturated rings. The third-order valence-electron chi connectivity index (χ3n) is 6.78. The lowest BCUT2D eigenvalue weighted by molar-refractivity contribution is -0.153. The van der Waals surface area contributed by atoms with Gasteiger partial charge in [0.2, 0.25) is 17.4 Å². The molecular weight excluding hydrogens is 447 g/mol. The van der Waals surface area contributed by atoms with Crippen LogP contribution in [0.25, 0.3) is 22.4 Å². The number of carbonyl (C=O) groups is 3. The molecule has 3 atom stereocenters. The van der Waals surface area contributed by atoms with Gasteiger partial charge in [0.05, 0.1) is 29.3 Å². The number of halogens is 1. The standard InChI is InChI=1S/C22H19FN6O5/c1-9-8-29-16-11(6-12-15(13-4-3-5-24-27-13)28-34-17(12)14(16)23)7-22(18(29)10(2)33-9)19(30)25-21(32)26-20(22)31/h3-6,9-10,18H,7-8H2,1-2H3,(H2,25,26,30,31,32)/t9-,10+,18-/m0/s1. The average molecular weight is 466 g/mol. The van der Waals surface area contributed by atoms with E-state index in [0.29, 0.717) is 16.6 Å². The minimum Gasteiger partial charge on any atom is -0.372 e. The number of urea groups is 1. The van der Waals surface area contributed by atoms with Crippen LogP contribution in [0.1, 0.15) is 19.4 Å². The monoisotopic (exact) mass is 466 g/mol. The molecule has 0 saturated carbocycles. The van der Waals surface area contributed by atoms with Crippen LogP contribution in [0.15, 0.2) is 28.9 Å².